The lowest BCUT2D eigenvalue weighted by Crippen LogP contribution is -2.21. The Balaban J connectivity index is 3.78. The Morgan fingerprint density at radius 1 is 0.864 bits per heavy atom. The first-order valence-corrected chi connectivity index (χ1v) is 10.4. The van der Waals surface area contributed by atoms with Crippen molar-refractivity contribution in [1.29, 1.82) is 0 Å². The van der Waals surface area contributed by atoms with Gasteiger partial charge in [0.15, 0.2) is 0 Å². The Kier molecular flexibility index (Phi) is 14.7. The zero-order valence-corrected chi connectivity index (χ0v) is 16.6. The van der Waals surface area contributed by atoms with E-state index in [0.29, 0.717) is 10.7 Å². The average Bonchev–Trinajstić information content (AvgIpc) is 2.46. The number of allylic oxidation sites excluding steroid dienone is 1. The van der Waals surface area contributed by atoms with Gasteiger partial charge in [0.1, 0.15) is 0 Å². The molecule has 2 unspecified atom stereocenters. The van der Waals surface area contributed by atoms with Gasteiger partial charge in [-0.2, -0.15) is 12.6 Å². The van der Waals surface area contributed by atoms with Gasteiger partial charge in [0.2, 0.25) is 0 Å². The van der Waals surface area contributed by atoms with E-state index in [-0.39, 0.29) is 0 Å². The molecule has 0 aromatic rings. The molecule has 0 nitrogen and oxygen atoms in total. The van der Waals surface area contributed by atoms with Gasteiger partial charge in [-0.1, -0.05) is 91.1 Å². The van der Waals surface area contributed by atoms with Crippen LogP contribution in [0.25, 0.3) is 0 Å². The summed E-state index contributed by atoms with van der Waals surface area (Å²) in [4.78, 5) is 0. The Morgan fingerprint density at radius 2 is 1.41 bits per heavy atom. The second-order valence-corrected chi connectivity index (χ2v) is 8.25. The van der Waals surface area contributed by atoms with Crippen LogP contribution in [-0.4, -0.2) is 5.25 Å². The van der Waals surface area contributed by atoms with Crippen molar-refractivity contribution in [1.82, 2.24) is 0 Å². The molecule has 0 spiro atoms. The normalized spacial score (nSPS) is 15.5. The van der Waals surface area contributed by atoms with E-state index in [1.54, 1.807) is 0 Å². The topological polar surface area (TPSA) is 0 Å². The van der Waals surface area contributed by atoms with E-state index in [0.717, 1.165) is 6.42 Å². The van der Waals surface area contributed by atoms with Gasteiger partial charge in [0.05, 0.1) is 0 Å². The third kappa shape index (κ3) is 12.6. The molecule has 0 aliphatic carbocycles. The summed E-state index contributed by atoms with van der Waals surface area (Å²) in [6, 6.07) is 0. The van der Waals surface area contributed by atoms with Crippen molar-refractivity contribution in [3.63, 3.8) is 0 Å². The summed E-state index contributed by atoms with van der Waals surface area (Å²) >= 11 is 4.74. The first-order valence-electron chi connectivity index (χ1n) is 9.87. The zero-order valence-electron chi connectivity index (χ0n) is 15.7. The lowest BCUT2D eigenvalue weighted by atomic mass is 9.76. The Labute approximate surface area is 147 Å². The second kappa shape index (κ2) is 14.7. The smallest absolute Gasteiger partial charge is 0.00563 e. The van der Waals surface area contributed by atoms with E-state index in [4.69, 9.17) is 12.6 Å². The highest BCUT2D eigenvalue weighted by Crippen LogP contribution is 2.37. The molecule has 0 aliphatic heterocycles. The Morgan fingerprint density at radius 3 is 1.91 bits per heavy atom. The number of thiol groups is 1. The predicted octanol–water partition coefficient (Wildman–Crippen LogP) is 7.98. The van der Waals surface area contributed by atoms with Gasteiger partial charge >= 0.3 is 0 Å². The Bertz CT molecular complexity index is 248. The van der Waals surface area contributed by atoms with Crippen molar-refractivity contribution in [2.24, 2.45) is 5.41 Å². The maximum absolute atomic E-state index is 4.74. The van der Waals surface area contributed by atoms with Gasteiger partial charge in [0, 0.05) is 5.25 Å². The van der Waals surface area contributed by atoms with Gasteiger partial charge in [-0.3, -0.25) is 0 Å². The van der Waals surface area contributed by atoms with Crippen LogP contribution >= 0.6 is 12.6 Å². The van der Waals surface area contributed by atoms with Crippen LogP contribution in [0, 0.1) is 5.41 Å². The number of unbranched alkanes of at least 4 members (excludes halogenated alkanes) is 8. The van der Waals surface area contributed by atoms with Crippen molar-refractivity contribution < 1.29 is 0 Å². The molecule has 0 aromatic carbocycles. The molecule has 0 bridgehead atoms. The first kappa shape index (κ1) is 22.1. The molecule has 22 heavy (non-hydrogen) atoms. The van der Waals surface area contributed by atoms with Crippen molar-refractivity contribution in [2.75, 3.05) is 0 Å². The molecule has 0 saturated carbocycles. The molecule has 0 aromatic heterocycles. The van der Waals surface area contributed by atoms with Crippen molar-refractivity contribution >= 4 is 12.6 Å². The largest absolute Gasteiger partial charge is 0.176 e. The van der Waals surface area contributed by atoms with Crippen LogP contribution in [0.2, 0.25) is 0 Å². The minimum Gasteiger partial charge on any atom is -0.176 e. The van der Waals surface area contributed by atoms with Gasteiger partial charge in [0.25, 0.3) is 0 Å². The fourth-order valence-corrected chi connectivity index (χ4v) is 4.23. The highest BCUT2D eigenvalue weighted by Gasteiger charge is 2.25. The molecule has 132 valence electrons. The Hall–Kier alpha value is 0.0900. The zero-order chi connectivity index (χ0) is 16.7. The van der Waals surface area contributed by atoms with Crippen LogP contribution in [0.5, 0.6) is 0 Å². The molecule has 0 heterocycles. The van der Waals surface area contributed by atoms with E-state index in [9.17, 15) is 0 Å². The maximum atomic E-state index is 4.74. The number of hydrogen-bond donors (Lipinski definition) is 1. The monoisotopic (exact) mass is 326 g/mol. The first-order chi connectivity index (χ1) is 10.6. The highest BCUT2D eigenvalue weighted by molar-refractivity contribution is 7.80. The fraction of sp³-hybridized carbons (Fsp3) is 0.905. The molecule has 2 atom stereocenters. The summed E-state index contributed by atoms with van der Waals surface area (Å²) in [7, 11) is 0. The quantitative estimate of drug-likeness (QED) is 0.166. The predicted molar refractivity (Wildman–Crippen MR) is 107 cm³/mol. The van der Waals surface area contributed by atoms with Gasteiger partial charge < -0.3 is 0 Å². The molecule has 0 radical (unpaired) electrons. The van der Waals surface area contributed by atoms with E-state index in [2.05, 4.69) is 27.4 Å². The van der Waals surface area contributed by atoms with Crippen molar-refractivity contribution in [3.05, 3.63) is 12.7 Å². The maximum Gasteiger partial charge on any atom is 0.00563 e. The lowest BCUT2D eigenvalue weighted by molar-refractivity contribution is 0.235. The van der Waals surface area contributed by atoms with Gasteiger partial charge in [-0.05, 0) is 31.1 Å². The molecule has 0 saturated heterocycles. The third-order valence-corrected chi connectivity index (χ3v) is 5.30. The summed E-state index contributed by atoms with van der Waals surface area (Å²) < 4.78 is 0. The highest BCUT2D eigenvalue weighted by atomic mass is 32.1. The molecular weight excluding hydrogens is 284 g/mol. The van der Waals surface area contributed by atoms with Crippen LogP contribution in [0.3, 0.4) is 0 Å². The SMILES string of the molecule is C=CCC(S)CC(C)(CCC)CCCCCCCCCCC. The minimum atomic E-state index is 0.491. The summed E-state index contributed by atoms with van der Waals surface area (Å²) in [6.07, 6.45) is 21.1. The fourth-order valence-electron chi connectivity index (χ4n) is 3.64. The molecule has 1 heteroatoms. The standard InChI is InChI=1S/C21H42S/c1-5-8-9-10-11-12-13-14-15-18-21(4,17-7-3)19-20(22)16-6-2/h6,20,22H,2,5,7-19H2,1,3-4H3. The number of rotatable bonds is 16. The summed E-state index contributed by atoms with van der Waals surface area (Å²) in [6.45, 7) is 10.9. The van der Waals surface area contributed by atoms with Crippen LogP contribution < -0.4 is 0 Å². The van der Waals surface area contributed by atoms with E-state index < -0.39 is 0 Å². The average molecular weight is 327 g/mol. The molecule has 0 amide bonds. The molecule has 0 fully saturated rings. The van der Waals surface area contributed by atoms with Crippen LogP contribution in [0.1, 0.15) is 111 Å². The lowest BCUT2D eigenvalue weighted by Gasteiger charge is -2.32. The van der Waals surface area contributed by atoms with Crippen LogP contribution in [0.4, 0.5) is 0 Å². The van der Waals surface area contributed by atoms with Gasteiger partial charge in [-0.15, -0.1) is 6.58 Å². The van der Waals surface area contributed by atoms with Crippen LogP contribution in [0.15, 0.2) is 12.7 Å². The van der Waals surface area contributed by atoms with Crippen molar-refractivity contribution in [3.8, 4) is 0 Å². The summed E-state index contributed by atoms with van der Waals surface area (Å²) in [5.74, 6) is 0. The second-order valence-electron chi connectivity index (χ2n) is 7.52. The molecular formula is C21H42S. The van der Waals surface area contributed by atoms with E-state index in [1.807, 2.05) is 6.08 Å². The van der Waals surface area contributed by atoms with Crippen molar-refractivity contribution in [2.45, 2.75) is 116 Å². The number of hydrogen-bond acceptors (Lipinski definition) is 1. The van der Waals surface area contributed by atoms with E-state index in [1.165, 1.54) is 83.5 Å². The molecule has 0 rings (SSSR count). The summed E-state index contributed by atoms with van der Waals surface area (Å²) in [5, 5.41) is 0.493. The van der Waals surface area contributed by atoms with Crippen LogP contribution in [-0.2, 0) is 0 Å². The van der Waals surface area contributed by atoms with E-state index >= 15 is 0 Å². The molecule has 0 aliphatic rings. The minimum absolute atomic E-state index is 0.491. The molecule has 0 N–H and O–H groups in total. The third-order valence-electron chi connectivity index (χ3n) is 4.90. The van der Waals surface area contributed by atoms with Gasteiger partial charge in [-0.25, -0.2) is 0 Å². The summed E-state index contributed by atoms with van der Waals surface area (Å²) in [5.41, 5.74) is 0.491.